The maximum atomic E-state index is 13.0. The van der Waals surface area contributed by atoms with Crippen LogP contribution in [0.25, 0.3) is 0 Å². The number of carbonyl (C=O) groups is 1. The number of aliphatic hydroxyl groups excluding tert-OH is 5. The zero-order valence-electron chi connectivity index (χ0n) is 31.3. The lowest BCUT2D eigenvalue weighted by atomic mass is 9.99. The summed E-state index contributed by atoms with van der Waals surface area (Å²) in [5, 5.41) is 54.8. The fourth-order valence-corrected chi connectivity index (χ4v) is 6.73. The molecule has 51 heavy (non-hydrogen) atoms. The molecule has 0 aliphatic carbocycles. The number of amides is 1. The lowest BCUT2D eigenvalue weighted by Crippen LogP contribution is -2.61. The molecule has 7 N–H and O–H groups in total. The molecule has 8 unspecified atom stereocenters. The largest absolute Gasteiger partial charge is 0.397 e. The molecule has 302 valence electrons. The van der Waals surface area contributed by atoms with E-state index in [1.807, 2.05) is 6.08 Å². The topological polar surface area (TPSA) is 212 Å². The van der Waals surface area contributed by atoms with Crippen molar-refractivity contribution in [3.63, 3.8) is 0 Å². The molecule has 1 aliphatic rings. The number of aliphatic hydroxyl groups is 5. The minimum absolute atomic E-state index is 0.246. The SMILES string of the molecule is CCCCCCCCCCCC/C=C/C(O)C(COC1OC(CO)C(O)C(OS(=O)(=O)O)C1O)NC(=O)C(O)CCCCCCCCCCCC. The van der Waals surface area contributed by atoms with Crippen molar-refractivity contribution in [2.75, 3.05) is 13.2 Å². The van der Waals surface area contributed by atoms with E-state index < -0.39 is 78.5 Å². The van der Waals surface area contributed by atoms with Crippen molar-refractivity contribution in [3.8, 4) is 0 Å². The van der Waals surface area contributed by atoms with Crippen molar-refractivity contribution in [1.29, 1.82) is 0 Å². The van der Waals surface area contributed by atoms with Gasteiger partial charge in [-0.1, -0.05) is 148 Å². The number of nitrogens with one attached hydrogen (secondary N) is 1. The number of unbranched alkanes of at least 4 members (excludes halogenated alkanes) is 19. The first-order valence-corrected chi connectivity index (χ1v) is 21.0. The monoisotopic (exact) mass is 753 g/mol. The Bertz CT molecular complexity index is 1000. The van der Waals surface area contributed by atoms with Gasteiger partial charge in [-0.2, -0.15) is 8.42 Å². The second-order valence-electron chi connectivity index (χ2n) is 14.0. The highest BCUT2D eigenvalue weighted by molar-refractivity contribution is 7.80. The van der Waals surface area contributed by atoms with Crippen LogP contribution in [0.15, 0.2) is 12.2 Å². The summed E-state index contributed by atoms with van der Waals surface area (Å²) in [6.45, 7) is 3.15. The van der Waals surface area contributed by atoms with Crippen LogP contribution in [0.3, 0.4) is 0 Å². The minimum atomic E-state index is -5.11. The van der Waals surface area contributed by atoms with Gasteiger partial charge in [-0.15, -0.1) is 0 Å². The molecule has 1 amide bonds. The number of hydrogen-bond acceptors (Lipinski definition) is 11. The molecule has 0 saturated carbocycles. The van der Waals surface area contributed by atoms with E-state index in [0.717, 1.165) is 38.5 Å². The summed E-state index contributed by atoms with van der Waals surface area (Å²) in [5.74, 6) is -0.706. The van der Waals surface area contributed by atoms with E-state index >= 15 is 0 Å². The second kappa shape index (κ2) is 29.2. The van der Waals surface area contributed by atoms with Crippen molar-refractivity contribution in [3.05, 3.63) is 12.2 Å². The Balaban J connectivity index is 2.72. The third-order valence-electron chi connectivity index (χ3n) is 9.43. The normalized spacial score (nSPS) is 23.0. The van der Waals surface area contributed by atoms with E-state index in [1.54, 1.807) is 0 Å². The fourth-order valence-electron chi connectivity index (χ4n) is 6.22. The van der Waals surface area contributed by atoms with Crippen molar-refractivity contribution in [1.82, 2.24) is 5.32 Å². The summed E-state index contributed by atoms with van der Waals surface area (Å²) in [4.78, 5) is 13.0. The molecule has 0 aromatic heterocycles. The highest BCUT2D eigenvalue weighted by Crippen LogP contribution is 2.26. The Morgan fingerprint density at radius 3 is 1.76 bits per heavy atom. The van der Waals surface area contributed by atoms with Crippen molar-refractivity contribution < 1.29 is 57.0 Å². The third-order valence-corrected chi connectivity index (χ3v) is 9.89. The predicted octanol–water partition coefficient (Wildman–Crippen LogP) is 5.01. The number of ether oxygens (including phenoxy) is 2. The van der Waals surface area contributed by atoms with E-state index in [-0.39, 0.29) is 6.42 Å². The van der Waals surface area contributed by atoms with Crippen LogP contribution < -0.4 is 5.32 Å². The molecule has 1 fully saturated rings. The molecule has 0 bridgehead atoms. The smallest absolute Gasteiger partial charge is 0.394 e. The van der Waals surface area contributed by atoms with E-state index in [9.17, 15) is 38.7 Å². The number of allylic oxidation sites excluding steroid dienone is 1. The Morgan fingerprint density at radius 1 is 0.784 bits per heavy atom. The summed E-state index contributed by atoms with van der Waals surface area (Å²) in [6, 6.07) is -1.11. The molecule has 14 heteroatoms. The molecule has 0 aromatic rings. The number of carbonyl (C=O) groups excluding carboxylic acids is 1. The van der Waals surface area contributed by atoms with Crippen LogP contribution in [0.4, 0.5) is 0 Å². The van der Waals surface area contributed by atoms with Gasteiger partial charge in [-0.05, 0) is 19.3 Å². The molecular formula is C37H71NO12S. The average Bonchev–Trinajstić information content (AvgIpc) is 3.09. The standard InChI is InChI=1S/C37H71NO12S/c1-3-5-7-9-11-13-15-16-18-19-21-23-25-30(40)29(38-36(44)31(41)26-24-22-20-17-14-12-10-8-6-4-2)28-48-37-34(43)35(50-51(45,46)47)33(42)32(27-39)49-37/h23,25,29-35,37,39-43H,3-22,24,26-28H2,1-2H3,(H,38,44)(H,45,46,47)/b25-23+. The molecular weight excluding hydrogens is 682 g/mol. The third kappa shape index (κ3) is 22.6. The Kier molecular flexibility index (Phi) is 27.4. The molecule has 0 radical (unpaired) electrons. The first kappa shape index (κ1) is 47.8. The summed E-state index contributed by atoms with van der Waals surface area (Å²) >= 11 is 0. The average molecular weight is 754 g/mol. The van der Waals surface area contributed by atoms with Gasteiger partial charge in [0.25, 0.3) is 0 Å². The van der Waals surface area contributed by atoms with Gasteiger partial charge < -0.3 is 40.3 Å². The Labute approximate surface area is 307 Å². The van der Waals surface area contributed by atoms with Crippen LogP contribution in [0, 0.1) is 0 Å². The van der Waals surface area contributed by atoms with E-state index in [0.29, 0.717) is 12.8 Å². The van der Waals surface area contributed by atoms with Crippen molar-refractivity contribution in [2.24, 2.45) is 0 Å². The molecule has 0 aromatic carbocycles. The first-order chi connectivity index (χ1) is 24.4. The van der Waals surface area contributed by atoms with Gasteiger partial charge in [0.05, 0.1) is 25.4 Å². The predicted molar refractivity (Wildman–Crippen MR) is 196 cm³/mol. The fraction of sp³-hybridized carbons (Fsp3) is 0.919. The Hall–Kier alpha value is -1.20. The maximum Gasteiger partial charge on any atom is 0.397 e. The van der Waals surface area contributed by atoms with Crippen molar-refractivity contribution in [2.45, 2.75) is 204 Å². The van der Waals surface area contributed by atoms with E-state index in [4.69, 9.17) is 14.0 Å². The molecule has 1 saturated heterocycles. The van der Waals surface area contributed by atoms with Gasteiger partial charge in [0.1, 0.15) is 30.5 Å². The van der Waals surface area contributed by atoms with Gasteiger partial charge in [-0.3, -0.25) is 9.35 Å². The Morgan fingerprint density at radius 2 is 1.27 bits per heavy atom. The van der Waals surface area contributed by atoms with Crippen LogP contribution in [-0.2, 0) is 28.9 Å². The van der Waals surface area contributed by atoms with Gasteiger partial charge >= 0.3 is 10.4 Å². The van der Waals surface area contributed by atoms with Crippen LogP contribution in [-0.4, -0.2) is 107 Å². The molecule has 13 nitrogen and oxygen atoms in total. The molecule has 1 aliphatic heterocycles. The summed E-state index contributed by atoms with van der Waals surface area (Å²) in [7, 11) is -5.11. The molecule has 1 rings (SSSR count). The summed E-state index contributed by atoms with van der Waals surface area (Å²) < 4.78 is 47.2. The lowest BCUT2D eigenvalue weighted by Gasteiger charge is -2.41. The molecule has 8 atom stereocenters. The number of rotatable bonds is 32. The first-order valence-electron chi connectivity index (χ1n) is 19.7. The zero-order chi connectivity index (χ0) is 37.9. The number of hydrogen-bond donors (Lipinski definition) is 7. The van der Waals surface area contributed by atoms with Gasteiger partial charge in [0.2, 0.25) is 5.91 Å². The van der Waals surface area contributed by atoms with Crippen LogP contribution in [0.5, 0.6) is 0 Å². The van der Waals surface area contributed by atoms with Gasteiger partial charge in [0.15, 0.2) is 6.29 Å². The second-order valence-corrected chi connectivity index (χ2v) is 15.1. The highest BCUT2D eigenvalue weighted by Gasteiger charge is 2.48. The van der Waals surface area contributed by atoms with Crippen LogP contribution >= 0.6 is 0 Å². The quantitative estimate of drug-likeness (QED) is 0.0274. The molecule has 0 spiro atoms. The maximum absolute atomic E-state index is 13.0. The minimum Gasteiger partial charge on any atom is -0.394 e. The van der Waals surface area contributed by atoms with E-state index in [1.165, 1.54) is 89.5 Å². The van der Waals surface area contributed by atoms with Crippen LogP contribution in [0.1, 0.15) is 155 Å². The molecule has 1 heterocycles. The van der Waals surface area contributed by atoms with Crippen LogP contribution in [0.2, 0.25) is 0 Å². The summed E-state index contributed by atoms with van der Waals surface area (Å²) in [6.07, 6.45) is 16.0. The highest BCUT2D eigenvalue weighted by atomic mass is 32.3. The van der Waals surface area contributed by atoms with Gasteiger partial charge in [0, 0.05) is 0 Å². The zero-order valence-corrected chi connectivity index (χ0v) is 32.1. The lowest BCUT2D eigenvalue weighted by molar-refractivity contribution is -0.298. The van der Waals surface area contributed by atoms with E-state index in [2.05, 4.69) is 23.3 Å². The van der Waals surface area contributed by atoms with Crippen molar-refractivity contribution >= 4 is 16.3 Å². The summed E-state index contributed by atoms with van der Waals surface area (Å²) in [5.41, 5.74) is 0. The van der Waals surface area contributed by atoms with Gasteiger partial charge in [-0.25, -0.2) is 4.18 Å².